The molecule has 0 fully saturated rings. The van der Waals surface area contributed by atoms with Crippen molar-refractivity contribution in [3.05, 3.63) is 53.6 Å². The number of hydrogen-bond donors (Lipinski definition) is 0. The first-order chi connectivity index (χ1) is 8.93. The van der Waals surface area contributed by atoms with E-state index < -0.39 is 17.6 Å². The van der Waals surface area contributed by atoms with E-state index in [4.69, 9.17) is 0 Å². The van der Waals surface area contributed by atoms with Crippen LogP contribution in [0.4, 0.5) is 17.6 Å². The number of carbonyl (C=O) groups excluding carboxylic acids is 1. The van der Waals surface area contributed by atoms with E-state index >= 15 is 0 Å². The molecule has 0 bridgehead atoms. The van der Waals surface area contributed by atoms with Gasteiger partial charge in [0, 0.05) is 18.0 Å². The molecule has 1 heterocycles. The lowest BCUT2D eigenvalue weighted by Gasteiger charge is -2.12. The van der Waals surface area contributed by atoms with E-state index in [-0.39, 0.29) is 23.0 Å². The molecule has 0 atom stereocenters. The molecule has 0 N–H and O–H groups in total. The number of hydrogen-bond acceptors (Lipinski definition) is 2. The van der Waals surface area contributed by atoms with Gasteiger partial charge in [-0.05, 0) is 23.8 Å². The molecule has 0 amide bonds. The Morgan fingerprint density at radius 3 is 2.53 bits per heavy atom. The zero-order chi connectivity index (χ0) is 14.0. The van der Waals surface area contributed by atoms with Crippen molar-refractivity contribution in [3.63, 3.8) is 0 Å². The van der Waals surface area contributed by atoms with Crippen LogP contribution in [0.2, 0.25) is 0 Å². The summed E-state index contributed by atoms with van der Waals surface area (Å²) in [5.74, 6) is -0.781. The smallest absolute Gasteiger partial charge is 0.298 e. The molecule has 0 saturated heterocycles. The van der Waals surface area contributed by atoms with E-state index in [1.54, 1.807) is 0 Å². The molecule has 1 aromatic heterocycles. The molecule has 19 heavy (non-hydrogen) atoms. The third kappa shape index (κ3) is 2.62. The molecule has 98 valence electrons. The molecular weight excluding hydrogens is 262 g/mol. The molecule has 0 aliphatic rings. The number of benzene rings is 1. The second-order valence-corrected chi connectivity index (χ2v) is 3.77. The normalized spacial score (nSPS) is 11.4. The minimum absolute atomic E-state index is 0.0870. The van der Waals surface area contributed by atoms with Gasteiger partial charge in [0.1, 0.15) is 5.82 Å². The van der Waals surface area contributed by atoms with Crippen molar-refractivity contribution < 1.29 is 22.4 Å². The molecule has 0 saturated carbocycles. The third-order valence-corrected chi connectivity index (χ3v) is 2.56. The maximum absolute atomic E-state index is 13.2. The van der Waals surface area contributed by atoms with Crippen molar-refractivity contribution in [2.45, 2.75) is 6.18 Å². The standard InChI is InChI=1S/C13H7F4NO/c14-12-2-1-8(5-9(12)7-19)10-6-18-4-3-11(10)13(15,16)17/h1-7H. The van der Waals surface area contributed by atoms with Gasteiger partial charge in [0.15, 0.2) is 6.29 Å². The van der Waals surface area contributed by atoms with E-state index in [2.05, 4.69) is 4.98 Å². The zero-order valence-electron chi connectivity index (χ0n) is 9.41. The van der Waals surface area contributed by atoms with Crippen molar-refractivity contribution in [3.8, 4) is 11.1 Å². The molecule has 0 unspecified atom stereocenters. The number of aromatic nitrogens is 1. The van der Waals surface area contributed by atoms with Crippen molar-refractivity contribution >= 4 is 6.29 Å². The highest BCUT2D eigenvalue weighted by Crippen LogP contribution is 2.36. The lowest BCUT2D eigenvalue weighted by Crippen LogP contribution is -2.07. The minimum Gasteiger partial charge on any atom is -0.298 e. The lowest BCUT2D eigenvalue weighted by atomic mass is 10.00. The second-order valence-electron chi connectivity index (χ2n) is 3.77. The summed E-state index contributed by atoms with van der Waals surface area (Å²) in [5.41, 5.74) is -1.29. The van der Waals surface area contributed by atoms with Crippen LogP contribution in [0.15, 0.2) is 36.7 Å². The predicted molar refractivity (Wildman–Crippen MR) is 60.0 cm³/mol. The number of alkyl halides is 3. The first kappa shape index (κ1) is 13.2. The predicted octanol–water partition coefficient (Wildman–Crippen LogP) is 3.72. The fourth-order valence-corrected chi connectivity index (χ4v) is 1.67. The molecule has 0 radical (unpaired) electrons. The van der Waals surface area contributed by atoms with Crippen molar-refractivity contribution in [1.82, 2.24) is 4.98 Å². The highest BCUT2D eigenvalue weighted by atomic mass is 19.4. The molecule has 0 spiro atoms. The van der Waals surface area contributed by atoms with Gasteiger partial charge in [0.25, 0.3) is 0 Å². The molecule has 6 heteroatoms. The van der Waals surface area contributed by atoms with Crippen LogP contribution in [-0.2, 0) is 6.18 Å². The first-order valence-corrected chi connectivity index (χ1v) is 5.20. The number of halogens is 4. The number of nitrogens with zero attached hydrogens (tertiary/aromatic N) is 1. The Kier molecular flexibility index (Phi) is 3.33. The average Bonchev–Trinajstić information content (AvgIpc) is 2.38. The van der Waals surface area contributed by atoms with Crippen LogP contribution >= 0.6 is 0 Å². The van der Waals surface area contributed by atoms with Gasteiger partial charge < -0.3 is 0 Å². The summed E-state index contributed by atoms with van der Waals surface area (Å²) in [4.78, 5) is 14.2. The van der Waals surface area contributed by atoms with Gasteiger partial charge >= 0.3 is 6.18 Å². The van der Waals surface area contributed by atoms with Crippen LogP contribution in [0, 0.1) is 5.82 Å². The fourth-order valence-electron chi connectivity index (χ4n) is 1.67. The monoisotopic (exact) mass is 269 g/mol. The van der Waals surface area contributed by atoms with Crippen LogP contribution in [0.25, 0.3) is 11.1 Å². The Balaban J connectivity index is 2.63. The maximum atomic E-state index is 13.2. The van der Waals surface area contributed by atoms with E-state index in [1.165, 1.54) is 6.07 Å². The van der Waals surface area contributed by atoms with Crippen molar-refractivity contribution in [1.29, 1.82) is 0 Å². The van der Waals surface area contributed by atoms with Gasteiger partial charge in [-0.25, -0.2) is 4.39 Å². The van der Waals surface area contributed by atoms with E-state index in [9.17, 15) is 22.4 Å². The summed E-state index contributed by atoms with van der Waals surface area (Å²) in [5, 5.41) is 0. The largest absolute Gasteiger partial charge is 0.417 e. The number of pyridine rings is 1. The number of carbonyl (C=O) groups is 1. The van der Waals surface area contributed by atoms with Gasteiger partial charge in [-0.3, -0.25) is 9.78 Å². The van der Waals surface area contributed by atoms with Crippen molar-refractivity contribution in [2.75, 3.05) is 0 Å². The molecule has 1 aromatic carbocycles. The second kappa shape index (κ2) is 4.79. The summed E-state index contributed by atoms with van der Waals surface area (Å²) < 4.78 is 51.6. The highest BCUT2D eigenvalue weighted by Gasteiger charge is 2.33. The summed E-state index contributed by atoms with van der Waals surface area (Å²) in [6, 6.07) is 4.02. The molecule has 2 nitrogen and oxygen atoms in total. The average molecular weight is 269 g/mol. The SMILES string of the molecule is O=Cc1cc(-c2cnccc2C(F)(F)F)ccc1F. The molecule has 0 aliphatic carbocycles. The van der Waals surface area contributed by atoms with Crippen LogP contribution in [0.3, 0.4) is 0 Å². The quantitative estimate of drug-likeness (QED) is 0.614. The van der Waals surface area contributed by atoms with E-state index in [1.807, 2.05) is 0 Å². The molecular formula is C13H7F4NO. The van der Waals surface area contributed by atoms with Crippen LogP contribution in [0.1, 0.15) is 15.9 Å². The summed E-state index contributed by atoms with van der Waals surface area (Å²) in [6.07, 6.45) is -2.24. The van der Waals surface area contributed by atoms with Crippen LogP contribution in [-0.4, -0.2) is 11.3 Å². The topological polar surface area (TPSA) is 30.0 Å². The Hall–Kier alpha value is -2.24. The van der Waals surface area contributed by atoms with Crippen molar-refractivity contribution in [2.24, 2.45) is 0 Å². The summed E-state index contributed by atoms with van der Waals surface area (Å²) in [6.45, 7) is 0. The van der Waals surface area contributed by atoms with Gasteiger partial charge in [-0.15, -0.1) is 0 Å². The third-order valence-electron chi connectivity index (χ3n) is 2.56. The van der Waals surface area contributed by atoms with Crippen LogP contribution in [0.5, 0.6) is 0 Å². The summed E-state index contributed by atoms with van der Waals surface area (Å²) >= 11 is 0. The van der Waals surface area contributed by atoms with Gasteiger partial charge in [-0.2, -0.15) is 13.2 Å². The van der Waals surface area contributed by atoms with Gasteiger partial charge in [0.2, 0.25) is 0 Å². The lowest BCUT2D eigenvalue weighted by molar-refractivity contribution is -0.137. The molecule has 2 rings (SSSR count). The molecule has 2 aromatic rings. The maximum Gasteiger partial charge on any atom is 0.417 e. The van der Waals surface area contributed by atoms with E-state index in [0.29, 0.717) is 0 Å². The van der Waals surface area contributed by atoms with E-state index in [0.717, 1.165) is 30.6 Å². The highest BCUT2D eigenvalue weighted by molar-refractivity contribution is 5.80. The number of aldehydes is 1. The number of rotatable bonds is 2. The Labute approximate surface area is 105 Å². The first-order valence-electron chi connectivity index (χ1n) is 5.20. The zero-order valence-corrected chi connectivity index (χ0v) is 9.41. The van der Waals surface area contributed by atoms with Crippen LogP contribution < -0.4 is 0 Å². The Morgan fingerprint density at radius 2 is 1.89 bits per heavy atom. The van der Waals surface area contributed by atoms with Gasteiger partial charge in [0.05, 0.1) is 11.1 Å². The molecule has 0 aliphatic heterocycles. The Bertz CT molecular complexity index is 622. The van der Waals surface area contributed by atoms with Gasteiger partial charge in [-0.1, -0.05) is 6.07 Å². The summed E-state index contributed by atoms with van der Waals surface area (Å²) in [7, 11) is 0. The Morgan fingerprint density at radius 1 is 1.16 bits per heavy atom. The fraction of sp³-hybridized carbons (Fsp3) is 0.0769. The minimum atomic E-state index is -4.55.